The van der Waals surface area contributed by atoms with Crippen LogP contribution in [0.2, 0.25) is 0 Å². The van der Waals surface area contributed by atoms with Crippen LogP contribution in [-0.2, 0) is 6.54 Å². The number of rotatable bonds is 4. The Morgan fingerprint density at radius 3 is 2.79 bits per heavy atom. The third kappa shape index (κ3) is 3.06. The first kappa shape index (κ1) is 15.6. The predicted octanol–water partition coefficient (Wildman–Crippen LogP) is 3.96. The number of nitrogens with two attached hydrogens (primary N) is 1. The number of hydrogen-bond acceptors (Lipinski definition) is 4. The lowest BCUT2D eigenvalue weighted by Gasteiger charge is -2.09. The van der Waals surface area contributed by atoms with Crippen molar-refractivity contribution in [2.75, 3.05) is 5.73 Å². The molecule has 0 saturated carbocycles. The Balaban J connectivity index is 1.97. The lowest BCUT2D eigenvalue weighted by molar-refractivity contribution is 0.418. The minimum atomic E-state index is -0.419. The van der Waals surface area contributed by atoms with Crippen LogP contribution in [0.15, 0.2) is 48.5 Å². The number of ether oxygens (including phenoxy) is 1. The van der Waals surface area contributed by atoms with Gasteiger partial charge in [-0.3, -0.25) is 0 Å². The molecule has 3 aromatic rings. The zero-order valence-corrected chi connectivity index (χ0v) is 13.0. The van der Waals surface area contributed by atoms with E-state index in [-0.39, 0.29) is 5.69 Å². The fourth-order valence-corrected chi connectivity index (χ4v) is 2.32. The van der Waals surface area contributed by atoms with Crippen molar-refractivity contribution in [3.63, 3.8) is 0 Å². The minimum absolute atomic E-state index is 0.215. The molecule has 0 atom stereocenters. The summed E-state index contributed by atoms with van der Waals surface area (Å²) in [5.74, 6) is 0.439. The van der Waals surface area contributed by atoms with Crippen molar-refractivity contribution in [3.05, 3.63) is 59.9 Å². The van der Waals surface area contributed by atoms with Crippen molar-refractivity contribution in [2.24, 2.45) is 0 Å². The molecule has 2 aromatic carbocycles. The molecule has 120 valence electrons. The molecule has 24 heavy (non-hydrogen) atoms. The fraction of sp³-hybridized carbons (Fsp3) is 0.111. The Bertz CT molecular complexity index is 927. The molecule has 6 heteroatoms. The monoisotopic (exact) mass is 322 g/mol. The highest BCUT2D eigenvalue weighted by molar-refractivity contribution is 5.63. The minimum Gasteiger partial charge on any atom is -0.437 e. The van der Waals surface area contributed by atoms with E-state index in [0.717, 1.165) is 5.56 Å². The first-order valence-corrected chi connectivity index (χ1v) is 7.42. The van der Waals surface area contributed by atoms with Crippen molar-refractivity contribution in [2.45, 2.75) is 13.5 Å². The van der Waals surface area contributed by atoms with Gasteiger partial charge in [0, 0.05) is 24.2 Å². The normalized spacial score (nSPS) is 10.4. The Morgan fingerprint density at radius 2 is 2.08 bits per heavy atom. The Hall–Kier alpha value is -3.33. The molecule has 0 aliphatic heterocycles. The van der Waals surface area contributed by atoms with Crippen LogP contribution in [0.1, 0.15) is 12.5 Å². The number of nitriles is 1. The van der Waals surface area contributed by atoms with Crippen LogP contribution in [0.3, 0.4) is 0 Å². The average Bonchev–Trinajstić information content (AvgIpc) is 3.00. The van der Waals surface area contributed by atoms with Crippen LogP contribution in [0, 0.1) is 17.1 Å². The van der Waals surface area contributed by atoms with E-state index in [1.807, 2.05) is 13.0 Å². The molecule has 0 amide bonds. The van der Waals surface area contributed by atoms with E-state index in [1.54, 1.807) is 28.9 Å². The number of aromatic nitrogens is 2. The second-order valence-corrected chi connectivity index (χ2v) is 5.16. The molecule has 2 N–H and O–H groups in total. The molecule has 0 aliphatic rings. The van der Waals surface area contributed by atoms with Gasteiger partial charge in [0.25, 0.3) is 0 Å². The van der Waals surface area contributed by atoms with Gasteiger partial charge in [0.2, 0.25) is 5.88 Å². The summed E-state index contributed by atoms with van der Waals surface area (Å²) in [5, 5.41) is 13.5. The van der Waals surface area contributed by atoms with Crippen LogP contribution >= 0.6 is 0 Å². The maximum Gasteiger partial charge on any atom is 0.218 e. The van der Waals surface area contributed by atoms with E-state index in [9.17, 15) is 4.39 Å². The van der Waals surface area contributed by atoms with Crippen molar-refractivity contribution in [1.82, 2.24) is 9.78 Å². The van der Waals surface area contributed by atoms with Crippen molar-refractivity contribution in [3.8, 4) is 29.0 Å². The second kappa shape index (κ2) is 6.42. The van der Waals surface area contributed by atoms with Crippen molar-refractivity contribution >= 4 is 5.69 Å². The summed E-state index contributed by atoms with van der Waals surface area (Å²) in [4.78, 5) is 0. The van der Waals surface area contributed by atoms with E-state index in [0.29, 0.717) is 29.4 Å². The first-order chi connectivity index (χ1) is 11.6. The van der Waals surface area contributed by atoms with Gasteiger partial charge in [-0.15, -0.1) is 0 Å². The molecule has 1 aromatic heterocycles. The Kier molecular flexibility index (Phi) is 4.17. The van der Waals surface area contributed by atoms with Gasteiger partial charge in [-0.2, -0.15) is 10.4 Å². The number of nitrogens with zero attached hydrogens (tertiary/aromatic N) is 3. The largest absolute Gasteiger partial charge is 0.437 e. The Morgan fingerprint density at radius 1 is 1.25 bits per heavy atom. The highest BCUT2D eigenvalue weighted by atomic mass is 19.1. The van der Waals surface area contributed by atoms with Gasteiger partial charge in [0.15, 0.2) is 5.75 Å². The van der Waals surface area contributed by atoms with Gasteiger partial charge >= 0.3 is 0 Å². The van der Waals surface area contributed by atoms with Crippen LogP contribution in [-0.4, -0.2) is 9.78 Å². The molecule has 0 spiro atoms. The van der Waals surface area contributed by atoms with Crippen molar-refractivity contribution < 1.29 is 9.13 Å². The Labute approximate surface area is 138 Å². The lowest BCUT2D eigenvalue weighted by Crippen LogP contribution is -2.01. The maximum absolute atomic E-state index is 13.1. The summed E-state index contributed by atoms with van der Waals surface area (Å²) in [5.41, 5.74) is 8.06. The van der Waals surface area contributed by atoms with Gasteiger partial charge in [0.1, 0.15) is 5.82 Å². The van der Waals surface area contributed by atoms with E-state index in [1.165, 1.54) is 18.2 Å². The molecule has 0 saturated heterocycles. The average molecular weight is 322 g/mol. The molecule has 0 bridgehead atoms. The SMILES string of the molecule is CCn1nc(-c2cccc(C#N)c2)cc1Oc1ccc(F)cc1N. The highest BCUT2D eigenvalue weighted by Crippen LogP contribution is 2.31. The first-order valence-electron chi connectivity index (χ1n) is 7.42. The molecular weight excluding hydrogens is 307 g/mol. The van der Waals surface area contributed by atoms with Gasteiger partial charge in [-0.05, 0) is 31.2 Å². The van der Waals surface area contributed by atoms with Gasteiger partial charge < -0.3 is 10.5 Å². The van der Waals surface area contributed by atoms with Gasteiger partial charge in [-0.25, -0.2) is 9.07 Å². The lowest BCUT2D eigenvalue weighted by atomic mass is 10.1. The molecular formula is C18H15FN4O. The van der Waals surface area contributed by atoms with Crippen LogP contribution < -0.4 is 10.5 Å². The zero-order valence-electron chi connectivity index (χ0n) is 13.0. The zero-order chi connectivity index (χ0) is 17.1. The third-order valence-electron chi connectivity index (χ3n) is 3.52. The van der Waals surface area contributed by atoms with Crippen molar-refractivity contribution in [1.29, 1.82) is 5.26 Å². The predicted molar refractivity (Wildman–Crippen MR) is 88.9 cm³/mol. The van der Waals surface area contributed by atoms with E-state index in [2.05, 4.69) is 11.2 Å². The molecule has 3 rings (SSSR count). The van der Waals surface area contributed by atoms with Crippen LogP contribution in [0.4, 0.5) is 10.1 Å². The number of aryl methyl sites for hydroxylation is 1. The van der Waals surface area contributed by atoms with Gasteiger partial charge in [0.05, 0.1) is 23.0 Å². The molecule has 0 aliphatic carbocycles. The molecule has 5 nitrogen and oxygen atoms in total. The van der Waals surface area contributed by atoms with E-state index < -0.39 is 5.82 Å². The smallest absolute Gasteiger partial charge is 0.218 e. The molecule has 0 fully saturated rings. The standard InChI is InChI=1S/C18H15FN4O/c1-2-23-18(24-17-7-6-14(19)9-15(17)21)10-16(22-23)13-5-3-4-12(8-13)11-20/h3-10H,2,21H2,1H3. The summed E-state index contributed by atoms with van der Waals surface area (Å²) in [6.07, 6.45) is 0. The van der Waals surface area contributed by atoms with E-state index in [4.69, 9.17) is 15.7 Å². The number of benzene rings is 2. The maximum atomic E-state index is 13.1. The number of halogens is 1. The molecule has 0 unspecified atom stereocenters. The van der Waals surface area contributed by atoms with Gasteiger partial charge in [-0.1, -0.05) is 12.1 Å². The summed E-state index contributed by atoms with van der Waals surface area (Å²) >= 11 is 0. The summed E-state index contributed by atoms with van der Waals surface area (Å²) in [7, 11) is 0. The third-order valence-corrected chi connectivity index (χ3v) is 3.52. The van der Waals surface area contributed by atoms with Crippen LogP contribution in [0.5, 0.6) is 11.6 Å². The van der Waals surface area contributed by atoms with E-state index >= 15 is 0 Å². The highest BCUT2D eigenvalue weighted by Gasteiger charge is 2.13. The summed E-state index contributed by atoms with van der Waals surface area (Å²) in [6, 6.07) is 15.0. The molecule has 1 heterocycles. The van der Waals surface area contributed by atoms with Crippen LogP contribution in [0.25, 0.3) is 11.3 Å². The topological polar surface area (TPSA) is 76.9 Å². The summed E-state index contributed by atoms with van der Waals surface area (Å²) < 4.78 is 20.6. The fourth-order valence-electron chi connectivity index (χ4n) is 2.32. The molecule has 0 radical (unpaired) electrons. The second-order valence-electron chi connectivity index (χ2n) is 5.16. The number of hydrogen-bond donors (Lipinski definition) is 1. The quantitative estimate of drug-likeness (QED) is 0.738. The number of nitrogen functional groups attached to an aromatic ring is 1. The summed E-state index contributed by atoms with van der Waals surface area (Å²) in [6.45, 7) is 2.53. The number of anilines is 1.